The lowest BCUT2D eigenvalue weighted by atomic mass is 10.3. The zero-order valence-electron chi connectivity index (χ0n) is 9.79. The molecule has 0 aliphatic carbocycles. The van der Waals surface area contributed by atoms with E-state index in [2.05, 4.69) is 4.98 Å². The van der Waals surface area contributed by atoms with Crippen LogP contribution in [-0.4, -0.2) is 55.1 Å². The number of rotatable bonds is 4. The van der Waals surface area contributed by atoms with E-state index in [1.54, 1.807) is 7.11 Å². The van der Waals surface area contributed by atoms with E-state index < -0.39 is 16.0 Å². The summed E-state index contributed by atoms with van der Waals surface area (Å²) in [5.41, 5.74) is -0.143. The van der Waals surface area contributed by atoms with E-state index in [4.69, 9.17) is 9.84 Å². The number of carboxylic acid groups (broad SMARTS) is 1. The molecule has 0 saturated carbocycles. The Morgan fingerprint density at radius 2 is 2.33 bits per heavy atom. The maximum atomic E-state index is 12.2. The standard InChI is InChI=1S/C10H14N2O5S/c1-17-7-2-3-12(6-7)18(15,16)8-4-9(10(13)14)11-5-8/h4-5,7,11H,2-3,6H2,1H3,(H,13,14). The van der Waals surface area contributed by atoms with E-state index in [0.29, 0.717) is 19.5 Å². The first-order valence-electron chi connectivity index (χ1n) is 5.40. The van der Waals surface area contributed by atoms with Crippen LogP contribution in [0.25, 0.3) is 0 Å². The second kappa shape index (κ2) is 4.71. The van der Waals surface area contributed by atoms with Gasteiger partial charge in [0.15, 0.2) is 0 Å². The molecule has 1 aromatic rings. The first-order chi connectivity index (χ1) is 8.45. The Bertz CT molecular complexity index is 550. The van der Waals surface area contributed by atoms with Crippen molar-refractivity contribution in [3.63, 3.8) is 0 Å². The van der Waals surface area contributed by atoms with Crippen LogP contribution in [0.5, 0.6) is 0 Å². The molecule has 2 N–H and O–H groups in total. The van der Waals surface area contributed by atoms with Crippen molar-refractivity contribution in [2.45, 2.75) is 17.4 Å². The highest BCUT2D eigenvalue weighted by Crippen LogP contribution is 2.22. The fourth-order valence-corrected chi connectivity index (χ4v) is 3.39. The summed E-state index contributed by atoms with van der Waals surface area (Å²) in [4.78, 5) is 13.1. The Morgan fingerprint density at radius 1 is 1.61 bits per heavy atom. The first kappa shape index (κ1) is 13.1. The third-order valence-electron chi connectivity index (χ3n) is 2.97. The molecule has 1 saturated heterocycles. The summed E-state index contributed by atoms with van der Waals surface area (Å²) >= 11 is 0. The molecule has 2 rings (SSSR count). The highest BCUT2D eigenvalue weighted by Gasteiger charge is 2.33. The Balaban J connectivity index is 2.23. The summed E-state index contributed by atoms with van der Waals surface area (Å²) < 4.78 is 30.8. The maximum absolute atomic E-state index is 12.2. The van der Waals surface area contributed by atoms with E-state index in [-0.39, 0.29) is 16.7 Å². The van der Waals surface area contributed by atoms with Gasteiger partial charge in [0, 0.05) is 26.4 Å². The van der Waals surface area contributed by atoms with Crippen LogP contribution >= 0.6 is 0 Å². The number of aromatic nitrogens is 1. The summed E-state index contributed by atoms with van der Waals surface area (Å²) in [7, 11) is -2.09. The molecule has 1 atom stereocenters. The lowest BCUT2D eigenvalue weighted by molar-refractivity contribution is 0.0691. The summed E-state index contributed by atoms with van der Waals surface area (Å²) in [6, 6.07) is 1.12. The number of sulfonamides is 1. The highest BCUT2D eigenvalue weighted by atomic mass is 32.2. The number of methoxy groups -OCH3 is 1. The molecule has 1 aliphatic rings. The molecule has 1 aromatic heterocycles. The number of H-pyrrole nitrogens is 1. The predicted molar refractivity (Wildman–Crippen MR) is 61.9 cm³/mol. The molecule has 2 heterocycles. The molecule has 7 nitrogen and oxygen atoms in total. The van der Waals surface area contributed by atoms with Crippen LogP contribution in [0, 0.1) is 0 Å². The van der Waals surface area contributed by atoms with Crippen molar-refractivity contribution in [2.75, 3.05) is 20.2 Å². The Labute approximate surface area is 104 Å². The molecular formula is C10H14N2O5S. The van der Waals surface area contributed by atoms with Crippen molar-refractivity contribution in [3.8, 4) is 0 Å². The second-order valence-corrected chi connectivity index (χ2v) is 6.00. The highest BCUT2D eigenvalue weighted by molar-refractivity contribution is 7.89. The third kappa shape index (κ3) is 2.26. The normalized spacial score (nSPS) is 21.3. The lowest BCUT2D eigenvalue weighted by Crippen LogP contribution is -2.29. The number of hydrogen-bond donors (Lipinski definition) is 2. The average Bonchev–Trinajstić information content (AvgIpc) is 2.98. The molecule has 0 bridgehead atoms. The molecule has 18 heavy (non-hydrogen) atoms. The van der Waals surface area contributed by atoms with Gasteiger partial charge in [0.1, 0.15) is 10.6 Å². The van der Waals surface area contributed by atoms with Crippen molar-refractivity contribution in [2.24, 2.45) is 0 Å². The maximum Gasteiger partial charge on any atom is 0.352 e. The van der Waals surface area contributed by atoms with Crippen molar-refractivity contribution < 1.29 is 23.1 Å². The Morgan fingerprint density at radius 3 is 2.83 bits per heavy atom. The third-order valence-corrected chi connectivity index (χ3v) is 4.81. The van der Waals surface area contributed by atoms with Gasteiger partial charge in [0.25, 0.3) is 0 Å². The van der Waals surface area contributed by atoms with Crippen molar-refractivity contribution in [3.05, 3.63) is 18.0 Å². The van der Waals surface area contributed by atoms with Gasteiger partial charge in [-0.15, -0.1) is 0 Å². The summed E-state index contributed by atoms with van der Waals surface area (Å²) in [5, 5.41) is 8.75. The molecule has 1 aliphatic heterocycles. The number of hydrogen-bond acceptors (Lipinski definition) is 4. The van der Waals surface area contributed by atoms with Crippen LogP contribution in [0.3, 0.4) is 0 Å². The molecule has 0 radical (unpaired) electrons. The van der Waals surface area contributed by atoms with Gasteiger partial charge in [-0.2, -0.15) is 4.31 Å². The molecule has 8 heteroatoms. The molecule has 0 amide bonds. The quantitative estimate of drug-likeness (QED) is 0.812. The zero-order chi connectivity index (χ0) is 13.3. The van der Waals surface area contributed by atoms with Crippen LogP contribution in [0.1, 0.15) is 16.9 Å². The number of aromatic amines is 1. The molecule has 1 unspecified atom stereocenters. The largest absolute Gasteiger partial charge is 0.477 e. The first-order valence-corrected chi connectivity index (χ1v) is 6.84. The SMILES string of the molecule is COC1CCN(S(=O)(=O)c2c[nH]c(C(=O)O)c2)C1. The van der Waals surface area contributed by atoms with Gasteiger partial charge in [0.2, 0.25) is 10.0 Å². The van der Waals surface area contributed by atoms with Gasteiger partial charge < -0.3 is 14.8 Å². The van der Waals surface area contributed by atoms with E-state index in [1.165, 1.54) is 10.5 Å². The van der Waals surface area contributed by atoms with E-state index in [9.17, 15) is 13.2 Å². The zero-order valence-corrected chi connectivity index (χ0v) is 10.6. The van der Waals surface area contributed by atoms with Gasteiger partial charge in [-0.05, 0) is 12.5 Å². The average molecular weight is 274 g/mol. The topological polar surface area (TPSA) is 99.7 Å². The van der Waals surface area contributed by atoms with Gasteiger partial charge >= 0.3 is 5.97 Å². The number of aromatic carboxylic acids is 1. The Hall–Kier alpha value is -1.38. The molecular weight excluding hydrogens is 260 g/mol. The lowest BCUT2D eigenvalue weighted by Gasteiger charge is -2.14. The van der Waals surface area contributed by atoms with Gasteiger partial charge in [0.05, 0.1) is 6.10 Å². The van der Waals surface area contributed by atoms with E-state index in [1.807, 2.05) is 0 Å². The van der Waals surface area contributed by atoms with Gasteiger partial charge in [-0.3, -0.25) is 0 Å². The summed E-state index contributed by atoms with van der Waals surface area (Å²) in [6.07, 6.45) is 1.74. The smallest absolute Gasteiger partial charge is 0.352 e. The van der Waals surface area contributed by atoms with Crippen molar-refractivity contribution in [1.82, 2.24) is 9.29 Å². The molecule has 0 spiro atoms. The number of carboxylic acids is 1. The molecule has 0 aromatic carbocycles. The monoisotopic (exact) mass is 274 g/mol. The van der Waals surface area contributed by atoms with Crippen molar-refractivity contribution >= 4 is 16.0 Å². The summed E-state index contributed by atoms with van der Waals surface area (Å²) in [5.74, 6) is -1.19. The fourth-order valence-electron chi connectivity index (χ4n) is 1.90. The van der Waals surface area contributed by atoms with Gasteiger partial charge in [-0.25, -0.2) is 13.2 Å². The minimum atomic E-state index is -3.64. The van der Waals surface area contributed by atoms with Crippen LogP contribution < -0.4 is 0 Å². The van der Waals surface area contributed by atoms with Gasteiger partial charge in [-0.1, -0.05) is 0 Å². The number of nitrogens with one attached hydrogen (secondary N) is 1. The molecule has 100 valence electrons. The number of ether oxygens (including phenoxy) is 1. The van der Waals surface area contributed by atoms with Crippen LogP contribution in [0.2, 0.25) is 0 Å². The number of nitrogens with zero attached hydrogens (tertiary/aromatic N) is 1. The second-order valence-electron chi connectivity index (χ2n) is 4.06. The predicted octanol–water partition coefficient (Wildman–Crippen LogP) is 0.122. The summed E-state index contributed by atoms with van der Waals surface area (Å²) in [6.45, 7) is 0.681. The van der Waals surface area contributed by atoms with E-state index >= 15 is 0 Å². The van der Waals surface area contributed by atoms with Crippen LogP contribution in [0.4, 0.5) is 0 Å². The molecule has 1 fully saturated rings. The minimum Gasteiger partial charge on any atom is -0.477 e. The van der Waals surface area contributed by atoms with E-state index in [0.717, 1.165) is 6.07 Å². The van der Waals surface area contributed by atoms with Crippen LogP contribution in [-0.2, 0) is 14.8 Å². The minimum absolute atomic E-state index is 0.0309. The number of carbonyl (C=O) groups is 1. The Kier molecular flexibility index (Phi) is 3.42. The van der Waals surface area contributed by atoms with Crippen molar-refractivity contribution in [1.29, 1.82) is 0 Å². The van der Waals surface area contributed by atoms with Crippen LogP contribution in [0.15, 0.2) is 17.2 Å². The fraction of sp³-hybridized carbons (Fsp3) is 0.500.